The van der Waals surface area contributed by atoms with Crippen LogP contribution in [0.15, 0.2) is 77.7 Å². The minimum atomic E-state index is -4.71. The number of nitrogens with zero attached hydrogens (tertiary/aromatic N) is 4. The highest BCUT2D eigenvalue weighted by atomic mass is 32.2. The van der Waals surface area contributed by atoms with Gasteiger partial charge in [0.15, 0.2) is 12.4 Å². The molecule has 2 heterocycles. The van der Waals surface area contributed by atoms with Crippen molar-refractivity contribution in [3.63, 3.8) is 0 Å². The van der Waals surface area contributed by atoms with Crippen LogP contribution in [0.3, 0.4) is 0 Å². The first-order valence-corrected chi connectivity index (χ1v) is 14.3. The largest absolute Gasteiger partial charge is 0.454 e. The molecule has 1 aliphatic rings. The maximum Gasteiger partial charge on any atom is 0.422 e. The number of fused-ring (bicyclic) bond motifs is 1. The fourth-order valence-electron chi connectivity index (χ4n) is 4.44. The quantitative estimate of drug-likeness (QED) is 0.169. The highest BCUT2D eigenvalue weighted by Crippen LogP contribution is 2.32. The molecule has 234 valence electrons. The number of halogens is 6. The van der Waals surface area contributed by atoms with E-state index in [1.54, 1.807) is 0 Å². The van der Waals surface area contributed by atoms with Crippen molar-refractivity contribution in [1.29, 1.82) is 0 Å². The highest BCUT2D eigenvalue weighted by Gasteiger charge is 2.32. The van der Waals surface area contributed by atoms with E-state index >= 15 is 0 Å². The molecule has 0 bridgehead atoms. The van der Waals surface area contributed by atoms with Gasteiger partial charge in [0.05, 0.1) is 10.5 Å². The van der Waals surface area contributed by atoms with Crippen molar-refractivity contribution in [2.45, 2.75) is 36.6 Å². The molecule has 0 unspecified atom stereocenters. The molecule has 0 amide bonds. The Kier molecular flexibility index (Phi) is 9.88. The maximum absolute atomic E-state index is 13.3. The molecular weight excluding hydrogens is 614 g/mol. The molecule has 0 spiro atoms. The van der Waals surface area contributed by atoms with Gasteiger partial charge in [0.2, 0.25) is 10.0 Å². The van der Waals surface area contributed by atoms with Crippen LogP contribution in [0.1, 0.15) is 28.1 Å². The van der Waals surface area contributed by atoms with Crippen LogP contribution < -0.4 is 16.4 Å². The predicted molar refractivity (Wildman–Crippen MR) is 147 cm³/mol. The Bertz CT molecular complexity index is 1700. The van der Waals surface area contributed by atoms with Crippen LogP contribution in [0.4, 0.5) is 26.3 Å². The van der Waals surface area contributed by atoms with Crippen LogP contribution in [0, 0.1) is 0 Å². The monoisotopic (exact) mass is 640 g/mol. The summed E-state index contributed by atoms with van der Waals surface area (Å²) in [5.74, 6) is 7.60. The Morgan fingerprint density at radius 2 is 1.52 bits per heavy atom. The first-order valence-electron chi connectivity index (χ1n) is 12.9. The molecule has 3 aromatic carbocycles. The van der Waals surface area contributed by atoms with Gasteiger partial charge in [0.1, 0.15) is 5.82 Å². The smallest absolute Gasteiger partial charge is 0.422 e. The topological polar surface area (TPSA) is 137 Å². The molecule has 0 atom stereocenters. The summed E-state index contributed by atoms with van der Waals surface area (Å²) in [6.07, 6.45) is -8.88. The van der Waals surface area contributed by atoms with Crippen LogP contribution in [0.2, 0.25) is 0 Å². The fourth-order valence-corrected chi connectivity index (χ4v) is 5.86. The molecule has 0 radical (unpaired) electrons. The van der Waals surface area contributed by atoms with E-state index in [4.69, 9.17) is 0 Å². The molecule has 16 heteroatoms. The van der Waals surface area contributed by atoms with E-state index in [0.717, 1.165) is 29.3 Å². The summed E-state index contributed by atoms with van der Waals surface area (Å²) in [4.78, 5) is 11.9. The van der Waals surface area contributed by atoms with E-state index in [2.05, 4.69) is 31.4 Å². The van der Waals surface area contributed by atoms with Crippen molar-refractivity contribution in [3.05, 3.63) is 101 Å². The molecule has 0 aliphatic carbocycles. The van der Waals surface area contributed by atoms with Crippen LogP contribution in [-0.4, -0.2) is 47.0 Å². The first kappa shape index (κ1) is 32.8. The van der Waals surface area contributed by atoms with Gasteiger partial charge in [0.25, 0.3) is 0 Å². The van der Waals surface area contributed by atoms with Crippen LogP contribution in [-0.2, 0) is 35.6 Å². The van der Waals surface area contributed by atoms with Gasteiger partial charge in [-0.15, -0.1) is 0 Å². The van der Waals surface area contributed by atoms with E-state index in [1.165, 1.54) is 34.6 Å². The maximum atomic E-state index is 13.3. The summed E-state index contributed by atoms with van der Waals surface area (Å²) >= 11 is 0. The summed E-state index contributed by atoms with van der Waals surface area (Å²) in [5.41, 5.74) is 1.43. The van der Waals surface area contributed by atoms with Crippen LogP contribution in [0.5, 0.6) is 6.01 Å². The van der Waals surface area contributed by atoms with Crippen molar-refractivity contribution in [3.8, 4) is 17.4 Å². The lowest BCUT2D eigenvalue weighted by Gasteiger charge is -2.28. The predicted octanol–water partition coefficient (Wildman–Crippen LogP) is 4.66. The van der Waals surface area contributed by atoms with Crippen molar-refractivity contribution < 1.29 is 39.5 Å². The highest BCUT2D eigenvalue weighted by molar-refractivity contribution is 7.89. The third kappa shape index (κ3) is 8.07. The molecule has 4 N–H and O–H groups in total. The van der Waals surface area contributed by atoms with Crippen LogP contribution >= 0.6 is 0 Å². The van der Waals surface area contributed by atoms with Gasteiger partial charge in [-0.1, -0.05) is 48.5 Å². The lowest BCUT2D eigenvalue weighted by Crippen LogP contribution is -2.35. The summed E-state index contributed by atoms with van der Waals surface area (Å²) in [6, 6.07) is 16.7. The lowest BCUT2D eigenvalue weighted by molar-refractivity contribution is -0.154. The van der Waals surface area contributed by atoms with Gasteiger partial charge in [-0.25, -0.2) is 13.4 Å². The Morgan fingerprint density at radius 3 is 2.18 bits per heavy atom. The number of aromatic nitrogens is 3. The van der Waals surface area contributed by atoms with E-state index in [9.17, 15) is 34.8 Å². The van der Waals surface area contributed by atoms with Crippen molar-refractivity contribution in [2.24, 2.45) is 11.7 Å². The minimum absolute atomic E-state index is 0.0557. The zero-order chi connectivity index (χ0) is 32.1. The van der Waals surface area contributed by atoms with Gasteiger partial charge < -0.3 is 4.74 Å². The summed E-state index contributed by atoms with van der Waals surface area (Å²) in [5, 5.41) is 0. The summed E-state index contributed by atoms with van der Waals surface area (Å²) < 4.78 is 111. The van der Waals surface area contributed by atoms with Crippen molar-refractivity contribution >= 4 is 10.0 Å². The number of benzene rings is 3. The van der Waals surface area contributed by atoms with E-state index in [-0.39, 0.29) is 35.1 Å². The van der Waals surface area contributed by atoms with Gasteiger partial charge in [-0.3, -0.25) is 11.7 Å². The average molecular weight is 641 g/mol. The van der Waals surface area contributed by atoms with Gasteiger partial charge in [-0.2, -0.15) is 40.6 Å². The second kappa shape index (κ2) is 13.3. The molecular formula is C28H26F6N6O3S. The molecule has 1 aliphatic heterocycles. The number of hydrogen-bond donors (Lipinski definition) is 2. The van der Waals surface area contributed by atoms with Gasteiger partial charge >= 0.3 is 18.4 Å². The summed E-state index contributed by atoms with van der Waals surface area (Å²) in [6.45, 7) is -1.15. The number of rotatable bonds is 7. The first-order chi connectivity index (χ1) is 20.8. The number of alkyl halides is 6. The van der Waals surface area contributed by atoms with E-state index in [1.807, 2.05) is 24.3 Å². The lowest BCUT2D eigenvalue weighted by atomic mass is 10.0. The average Bonchev–Trinajstić information content (AvgIpc) is 3.00. The fraction of sp³-hybridized carbons (Fsp3) is 0.250. The van der Waals surface area contributed by atoms with Gasteiger partial charge in [0, 0.05) is 25.1 Å². The Balaban J connectivity index is 0.00000216. The Hall–Kier alpha value is -4.12. The molecule has 4 aromatic rings. The minimum Gasteiger partial charge on any atom is -0.454 e. The number of ether oxygens (including phenoxy) is 1. The number of hydrogen-bond acceptors (Lipinski definition) is 8. The third-order valence-electron chi connectivity index (χ3n) is 6.49. The summed E-state index contributed by atoms with van der Waals surface area (Å²) in [7, 11) is -3.81. The molecule has 5 rings (SSSR count). The molecule has 1 aromatic heterocycles. The second-order valence-corrected chi connectivity index (χ2v) is 11.5. The molecule has 0 fully saturated rings. The van der Waals surface area contributed by atoms with E-state index < -0.39 is 40.6 Å². The Morgan fingerprint density at radius 1 is 0.841 bits per heavy atom. The second-order valence-electron chi connectivity index (χ2n) is 9.52. The number of sulfonamides is 1. The van der Waals surface area contributed by atoms with E-state index in [0.29, 0.717) is 18.5 Å². The molecule has 0 saturated carbocycles. The normalized spacial score (nSPS) is 13.9. The van der Waals surface area contributed by atoms with Crippen molar-refractivity contribution in [2.75, 3.05) is 13.2 Å². The zero-order valence-electron chi connectivity index (χ0n) is 22.8. The zero-order valence-corrected chi connectivity index (χ0v) is 23.6. The standard InChI is InChI=1S/C28H22F6N4O3S.H4N2/c29-27(30,31)17-41-26-36-24(35-25(37-26)20-6-3-7-22(15-20)28(32,33)34)14-18-8-10-23(11-9-18)42(39,40)38-13-12-19-4-1-2-5-21(19)16-38;1-2/h1-11,15H,12-14,16-17H2;1-2H2. The molecule has 9 nitrogen and oxygen atoms in total. The van der Waals surface area contributed by atoms with Crippen LogP contribution in [0.25, 0.3) is 11.4 Å². The molecule has 0 saturated heterocycles. The molecule has 44 heavy (non-hydrogen) atoms. The van der Waals surface area contributed by atoms with Gasteiger partial charge in [-0.05, 0) is 47.4 Å². The number of nitrogens with two attached hydrogens (primary N) is 2. The number of hydrazine groups is 1. The van der Waals surface area contributed by atoms with Crippen molar-refractivity contribution in [1.82, 2.24) is 19.3 Å². The third-order valence-corrected chi connectivity index (χ3v) is 8.35. The Labute approximate surface area is 248 Å². The SMILES string of the molecule is NN.O=S(=O)(c1ccc(Cc2nc(OCC(F)(F)F)nc(-c3cccc(C(F)(F)F)c3)n2)cc1)N1CCc2ccccc2C1.